The zero-order chi connectivity index (χ0) is 10.8. The van der Waals surface area contributed by atoms with Crippen LogP contribution in [-0.2, 0) is 9.63 Å². The van der Waals surface area contributed by atoms with E-state index >= 15 is 0 Å². The fraction of sp³-hybridized carbons (Fsp3) is 0.700. The number of aliphatic hydroxyl groups excluding tert-OH is 1. The van der Waals surface area contributed by atoms with Crippen LogP contribution in [0.2, 0.25) is 0 Å². The summed E-state index contributed by atoms with van der Waals surface area (Å²) in [5, 5.41) is 9.13. The molecule has 4 nitrogen and oxygen atoms in total. The summed E-state index contributed by atoms with van der Waals surface area (Å²) < 4.78 is 0. The van der Waals surface area contributed by atoms with Crippen molar-refractivity contribution in [3.63, 3.8) is 0 Å². The minimum absolute atomic E-state index is 0.100. The van der Waals surface area contributed by atoms with Crippen molar-refractivity contribution in [3.8, 4) is 0 Å². The minimum Gasteiger partial charge on any atom is -0.389 e. The molecule has 1 amide bonds. The molecule has 0 heterocycles. The number of aliphatic hydroxyl groups is 1. The van der Waals surface area contributed by atoms with Crippen LogP contribution in [0.1, 0.15) is 32.1 Å². The van der Waals surface area contributed by atoms with E-state index < -0.39 is 6.10 Å². The molecular formula is C10H19NO3. The highest BCUT2D eigenvalue weighted by molar-refractivity contribution is 5.74. The molecular weight excluding hydrogens is 182 g/mol. The molecule has 1 atom stereocenters. The molecule has 14 heavy (non-hydrogen) atoms. The molecule has 82 valence electrons. The van der Waals surface area contributed by atoms with Crippen molar-refractivity contribution >= 4 is 5.91 Å². The highest BCUT2D eigenvalue weighted by Gasteiger charge is 2.01. The largest absolute Gasteiger partial charge is 0.389 e. The Kier molecular flexibility index (Phi) is 8.17. The molecule has 0 aromatic carbocycles. The summed E-state index contributed by atoms with van der Waals surface area (Å²) in [6, 6.07) is 0. The van der Waals surface area contributed by atoms with E-state index in [1.54, 1.807) is 0 Å². The Hall–Kier alpha value is -0.870. The van der Waals surface area contributed by atoms with Crippen LogP contribution in [0.5, 0.6) is 0 Å². The van der Waals surface area contributed by atoms with Crippen molar-refractivity contribution in [2.75, 3.05) is 7.11 Å². The van der Waals surface area contributed by atoms with E-state index in [-0.39, 0.29) is 5.91 Å². The number of carbonyl (C=O) groups excluding carboxylic acids is 1. The summed E-state index contributed by atoms with van der Waals surface area (Å²) in [6.45, 7) is 3.48. The zero-order valence-corrected chi connectivity index (χ0v) is 8.66. The molecule has 0 spiro atoms. The van der Waals surface area contributed by atoms with E-state index in [0.29, 0.717) is 6.42 Å². The molecule has 0 aliphatic carbocycles. The van der Waals surface area contributed by atoms with Gasteiger partial charge in [-0.2, -0.15) is 0 Å². The molecule has 0 saturated heterocycles. The Morgan fingerprint density at radius 3 is 2.86 bits per heavy atom. The first-order valence-corrected chi connectivity index (χ1v) is 4.83. The molecule has 0 bridgehead atoms. The predicted octanol–water partition coefficient (Wildman–Crippen LogP) is 1.16. The third-order valence-electron chi connectivity index (χ3n) is 1.89. The fourth-order valence-corrected chi connectivity index (χ4v) is 1.10. The van der Waals surface area contributed by atoms with Crippen LogP contribution in [0, 0.1) is 0 Å². The number of hydroxylamine groups is 1. The van der Waals surface area contributed by atoms with Gasteiger partial charge in [0.05, 0.1) is 13.2 Å². The number of nitrogens with one attached hydrogen (secondary N) is 1. The summed E-state index contributed by atoms with van der Waals surface area (Å²) in [4.78, 5) is 15.4. The second-order valence-electron chi connectivity index (χ2n) is 3.13. The van der Waals surface area contributed by atoms with E-state index in [2.05, 4.69) is 16.9 Å². The first-order valence-electron chi connectivity index (χ1n) is 4.83. The molecule has 0 radical (unpaired) electrons. The lowest BCUT2D eigenvalue weighted by molar-refractivity contribution is -0.131. The topological polar surface area (TPSA) is 58.6 Å². The monoisotopic (exact) mass is 201 g/mol. The number of hydrogen-bond donors (Lipinski definition) is 2. The van der Waals surface area contributed by atoms with Crippen molar-refractivity contribution in [1.29, 1.82) is 0 Å². The van der Waals surface area contributed by atoms with E-state index in [4.69, 9.17) is 5.11 Å². The molecule has 1 unspecified atom stereocenters. The average molecular weight is 201 g/mol. The van der Waals surface area contributed by atoms with Gasteiger partial charge in [0.25, 0.3) is 0 Å². The second-order valence-corrected chi connectivity index (χ2v) is 3.13. The van der Waals surface area contributed by atoms with Gasteiger partial charge in [0.1, 0.15) is 0 Å². The maximum Gasteiger partial charge on any atom is 0.243 e. The highest BCUT2D eigenvalue weighted by atomic mass is 16.6. The molecule has 4 heteroatoms. The summed E-state index contributed by atoms with van der Waals surface area (Å²) >= 11 is 0. The van der Waals surface area contributed by atoms with E-state index in [9.17, 15) is 4.79 Å². The molecule has 2 N–H and O–H groups in total. The highest BCUT2D eigenvalue weighted by Crippen LogP contribution is 2.06. The summed E-state index contributed by atoms with van der Waals surface area (Å²) in [5.41, 5.74) is 2.25. The van der Waals surface area contributed by atoms with Gasteiger partial charge in [-0.3, -0.25) is 9.63 Å². The first-order chi connectivity index (χ1) is 6.70. The standard InChI is InChI=1S/C10H19NO3/c1-3-9(12)7-5-4-6-8-10(13)11-14-2/h3,9,12H,1,4-8H2,2H3,(H,11,13). The Bertz CT molecular complexity index is 171. The van der Waals surface area contributed by atoms with Gasteiger partial charge in [-0.05, 0) is 12.8 Å². The fourth-order valence-electron chi connectivity index (χ4n) is 1.10. The molecule has 0 rings (SSSR count). The Balaban J connectivity index is 3.21. The third kappa shape index (κ3) is 7.76. The normalized spacial score (nSPS) is 12.1. The van der Waals surface area contributed by atoms with E-state index in [1.807, 2.05) is 0 Å². The van der Waals surface area contributed by atoms with Crippen molar-refractivity contribution < 1.29 is 14.7 Å². The lowest BCUT2D eigenvalue weighted by Crippen LogP contribution is -2.21. The van der Waals surface area contributed by atoms with Gasteiger partial charge in [-0.15, -0.1) is 6.58 Å². The van der Waals surface area contributed by atoms with Crippen LogP contribution >= 0.6 is 0 Å². The van der Waals surface area contributed by atoms with Gasteiger partial charge < -0.3 is 5.11 Å². The van der Waals surface area contributed by atoms with Crippen LogP contribution in [0.3, 0.4) is 0 Å². The van der Waals surface area contributed by atoms with Crippen molar-refractivity contribution in [2.24, 2.45) is 0 Å². The number of carbonyl (C=O) groups is 1. The molecule has 0 aromatic heterocycles. The van der Waals surface area contributed by atoms with Crippen LogP contribution in [-0.4, -0.2) is 24.2 Å². The van der Waals surface area contributed by atoms with Gasteiger partial charge in [0, 0.05) is 6.42 Å². The number of amides is 1. The number of hydrogen-bond acceptors (Lipinski definition) is 3. The quantitative estimate of drug-likeness (QED) is 0.352. The number of rotatable bonds is 8. The van der Waals surface area contributed by atoms with Crippen molar-refractivity contribution in [3.05, 3.63) is 12.7 Å². The minimum atomic E-state index is -0.414. The zero-order valence-electron chi connectivity index (χ0n) is 8.66. The number of unbranched alkanes of at least 4 members (excludes halogenated alkanes) is 2. The maximum atomic E-state index is 10.9. The summed E-state index contributed by atoms with van der Waals surface area (Å²) in [5.74, 6) is -0.100. The molecule has 0 aromatic rings. The van der Waals surface area contributed by atoms with E-state index in [0.717, 1.165) is 25.7 Å². The van der Waals surface area contributed by atoms with Gasteiger partial charge in [0.2, 0.25) is 5.91 Å². The Morgan fingerprint density at radius 2 is 2.29 bits per heavy atom. The van der Waals surface area contributed by atoms with Gasteiger partial charge >= 0.3 is 0 Å². The van der Waals surface area contributed by atoms with Crippen molar-refractivity contribution in [1.82, 2.24) is 5.48 Å². The van der Waals surface area contributed by atoms with Gasteiger partial charge in [-0.25, -0.2) is 5.48 Å². The molecule has 0 saturated carbocycles. The Morgan fingerprint density at radius 1 is 1.57 bits per heavy atom. The average Bonchev–Trinajstić information content (AvgIpc) is 2.17. The SMILES string of the molecule is C=CC(O)CCCCCC(=O)NOC. The molecule has 0 aliphatic rings. The molecule has 0 aliphatic heterocycles. The van der Waals surface area contributed by atoms with Crippen LogP contribution in [0.15, 0.2) is 12.7 Å². The summed E-state index contributed by atoms with van der Waals surface area (Å²) in [6.07, 6.45) is 4.96. The predicted molar refractivity (Wildman–Crippen MR) is 54.4 cm³/mol. The molecule has 0 fully saturated rings. The van der Waals surface area contributed by atoms with Gasteiger partial charge in [0.15, 0.2) is 0 Å². The third-order valence-corrected chi connectivity index (χ3v) is 1.89. The van der Waals surface area contributed by atoms with E-state index in [1.165, 1.54) is 13.2 Å². The Labute approximate surface area is 84.9 Å². The second kappa shape index (κ2) is 8.72. The van der Waals surface area contributed by atoms with Crippen LogP contribution in [0.4, 0.5) is 0 Å². The maximum absolute atomic E-state index is 10.9. The first kappa shape index (κ1) is 13.1. The lowest BCUT2D eigenvalue weighted by Gasteiger charge is -2.04. The van der Waals surface area contributed by atoms with Crippen LogP contribution < -0.4 is 5.48 Å². The summed E-state index contributed by atoms with van der Waals surface area (Å²) in [7, 11) is 1.42. The van der Waals surface area contributed by atoms with Gasteiger partial charge in [-0.1, -0.05) is 18.9 Å². The van der Waals surface area contributed by atoms with Crippen LogP contribution in [0.25, 0.3) is 0 Å². The smallest absolute Gasteiger partial charge is 0.243 e. The van der Waals surface area contributed by atoms with Crippen molar-refractivity contribution in [2.45, 2.75) is 38.2 Å². The lowest BCUT2D eigenvalue weighted by atomic mass is 10.1.